The molecule has 0 bridgehead atoms. The van der Waals surface area contributed by atoms with Crippen molar-refractivity contribution in [3.63, 3.8) is 0 Å². The Bertz CT molecular complexity index is 1250. The molecule has 2 amide bonds. The number of carbonyl (C=O) groups excluding carboxylic acids is 3. The first kappa shape index (κ1) is 34.8. The molecule has 0 spiro atoms. The number of anilines is 2. The number of rotatable bonds is 13. The van der Waals surface area contributed by atoms with Crippen molar-refractivity contribution in [1.82, 2.24) is 0 Å². The van der Waals surface area contributed by atoms with Gasteiger partial charge in [-0.2, -0.15) is 0 Å². The zero-order valence-electron chi connectivity index (χ0n) is 26.0. The van der Waals surface area contributed by atoms with Gasteiger partial charge in [0.25, 0.3) is 5.91 Å². The molecule has 8 heteroatoms. The molecule has 0 radical (unpaired) electrons. The maximum atomic E-state index is 12.7. The van der Waals surface area contributed by atoms with Crippen LogP contribution in [0.3, 0.4) is 0 Å². The Morgan fingerprint density at radius 3 is 2.00 bits per heavy atom. The second kappa shape index (κ2) is 13.7. The van der Waals surface area contributed by atoms with E-state index >= 15 is 0 Å². The Morgan fingerprint density at radius 1 is 0.854 bits per heavy atom. The molecule has 0 aliphatic heterocycles. The van der Waals surface area contributed by atoms with Crippen LogP contribution in [0.25, 0.3) is 0 Å². The second-order valence-corrected chi connectivity index (χ2v) is 15.1. The molecule has 1 atom stereocenters. The molecule has 2 rings (SSSR count). The molecule has 0 saturated carbocycles. The van der Waals surface area contributed by atoms with Gasteiger partial charge in [-0.05, 0) is 75.9 Å². The van der Waals surface area contributed by atoms with E-state index in [0.717, 1.165) is 18.6 Å². The standard InChI is InChI=1S/C33H46BrClN2O4/c1-10-31(6,7)22-17-18-26(25(20-22)32(8,9)11-2)41-19-13-16-27(38)36-23-14-12-15-24(21-23)37-29(40)33(34,35)28(39)30(3,4)5/h12,14-15,17-18,20-21H,10-11,13,16,19H2,1-9H3,(H,36,38)(H,37,40). The quantitative estimate of drug-likeness (QED) is 0.129. The van der Waals surface area contributed by atoms with Gasteiger partial charge in [-0.15, -0.1) is 0 Å². The van der Waals surface area contributed by atoms with E-state index in [2.05, 4.69) is 86.3 Å². The highest BCUT2D eigenvalue weighted by atomic mass is 79.9. The van der Waals surface area contributed by atoms with Gasteiger partial charge in [0.05, 0.1) is 6.61 Å². The fraction of sp³-hybridized carbons (Fsp3) is 0.545. The predicted molar refractivity (Wildman–Crippen MR) is 173 cm³/mol. The predicted octanol–water partition coefficient (Wildman–Crippen LogP) is 8.74. The van der Waals surface area contributed by atoms with Crippen LogP contribution in [0.4, 0.5) is 11.4 Å². The molecule has 2 N–H and O–H groups in total. The average Bonchev–Trinajstić information content (AvgIpc) is 2.90. The minimum Gasteiger partial charge on any atom is -0.493 e. The van der Waals surface area contributed by atoms with Crippen LogP contribution < -0.4 is 15.4 Å². The van der Waals surface area contributed by atoms with E-state index in [4.69, 9.17) is 16.3 Å². The Morgan fingerprint density at radius 2 is 1.44 bits per heavy atom. The first-order valence-corrected chi connectivity index (χ1v) is 15.4. The Hall–Kier alpha value is -2.38. The summed E-state index contributed by atoms with van der Waals surface area (Å²) >= 11 is 9.34. The molecule has 0 aromatic heterocycles. The first-order valence-electron chi connectivity index (χ1n) is 14.3. The zero-order valence-corrected chi connectivity index (χ0v) is 28.3. The van der Waals surface area contributed by atoms with Crippen LogP contribution in [0.1, 0.15) is 99.1 Å². The largest absolute Gasteiger partial charge is 0.493 e. The van der Waals surface area contributed by atoms with Crippen LogP contribution in [0.15, 0.2) is 42.5 Å². The van der Waals surface area contributed by atoms with E-state index in [1.165, 1.54) is 11.1 Å². The van der Waals surface area contributed by atoms with E-state index < -0.39 is 20.9 Å². The summed E-state index contributed by atoms with van der Waals surface area (Å²) in [5, 5.41) is 5.51. The molecule has 0 aliphatic rings. The van der Waals surface area contributed by atoms with Gasteiger partial charge in [0.15, 0.2) is 5.78 Å². The average molecular weight is 650 g/mol. The topological polar surface area (TPSA) is 84.5 Å². The summed E-state index contributed by atoms with van der Waals surface area (Å²) in [6, 6.07) is 13.2. The summed E-state index contributed by atoms with van der Waals surface area (Å²) in [5.41, 5.74) is 2.65. The van der Waals surface area contributed by atoms with Crippen LogP contribution >= 0.6 is 27.5 Å². The number of ether oxygens (including phenoxy) is 1. The molecule has 6 nitrogen and oxygen atoms in total. The summed E-state index contributed by atoms with van der Waals surface area (Å²) in [6.07, 6.45) is 2.85. The van der Waals surface area contributed by atoms with Crippen molar-refractivity contribution in [2.75, 3.05) is 17.2 Å². The highest BCUT2D eigenvalue weighted by molar-refractivity contribution is 9.11. The SMILES string of the molecule is CCC(C)(C)c1ccc(OCCCC(=O)Nc2cccc(NC(=O)C(Cl)(Br)C(=O)C(C)(C)C)c2)c(C(C)(C)CC)c1. The molecular weight excluding hydrogens is 604 g/mol. The van der Waals surface area contributed by atoms with Gasteiger partial charge in [-0.25, -0.2) is 0 Å². The summed E-state index contributed by atoms with van der Waals surface area (Å²) in [6.45, 7) is 18.9. The molecule has 0 fully saturated rings. The number of ketones is 1. The fourth-order valence-electron chi connectivity index (χ4n) is 4.10. The summed E-state index contributed by atoms with van der Waals surface area (Å²) < 4.78 is 4.29. The number of Topliss-reactive ketones (excluding diaryl/α,β-unsaturated/α-hetero) is 1. The van der Waals surface area contributed by atoms with Crippen LogP contribution in [-0.2, 0) is 25.2 Å². The lowest BCUT2D eigenvalue weighted by Gasteiger charge is -2.30. The summed E-state index contributed by atoms with van der Waals surface area (Å²) in [5.74, 6) is -0.455. The number of hydrogen-bond donors (Lipinski definition) is 2. The van der Waals surface area contributed by atoms with E-state index in [-0.39, 0.29) is 23.2 Å². The molecule has 41 heavy (non-hydrogen) atoms. The van der Waals surface area contributed by atoms with Crippen LogP contribution in [0.2, 0.25) is 0 Å². The maximum Gasteiger partial charge on any atom is 0.264 e. The number of amides is 2. The molecule has 0 heterocycles. The number of benzene rings is 2. The lowest BCUT2D eigenvalue weighted by atomic mass is 9.76. The number of alkyl halides is 2. The Balaban J connectivity index is 1.99. The van der Waals surface area contributed by atoms with Crippen molar-refractivity contribution < 1.29 is 19.1 Å². The van der Waals surface area contributed by atoms with Crippen LogP contribution in [-0.4, -0.2) is 28.0 Å². The number of nitrogens with one attached hydrogen (secondary N) is 2. The van der Waals surface area contributed by atoms with Gasteiger partial charge in [-0.1, -0.05) is 92.1 Å². The molecule has 1 unspecified atom stereocenters. The minimum absolute atomic E-state index is 0.0367. The van der Waals surface area contributed by atoms with Gasteiger partial charge in [-0.3, -0.25) is 14.4 Å². The Labute approximate surface area is 259 Å². The van der Waals surface area contributed by atoms with E-state index in [0.29, 0.717) is 24.4 Å². The third kappa shape index (κ3) is 9.31. The van der Waals surface area contributed by atoms with Crippen molar-refractivity contribution >= 4 is 56.5 Å². The van der Waals surface area contributed by atoms with Crippen molar-refractivity contribution in [2.45, 2.75) is 103 Å². The van der Waals surface area contributed by atoms with E-state index in [1.54, 1.807) is 45.0 Å². The van der Waals surface area contributed by atoms with Gasteiger partial charge in [0.1, 0.15) is 5.75 Å². The summed E-state index contributed by atoms with van der Waals surface area (Å²) in [4.78, 5) is 38.0. The van der Waals surface area contributed by atoms with E-state index in [1.807, 2.05) is 0 Å². The lowest BCUT2D eigenvalue weighted by molar-refractivity contribution is -0.131. The fourth-order valence-corrected chi connectivity index (χ4v) is 5.12. The molecule has 0 aliphatic carbocycles. The lowest BCUT2D eigenvalue weighted by Crippen LogP contribution is -2.45. The van der Waals surface area contributed by atoms with Crippen LogP contribution in [0, 0.1) is 5.41 Å². The van der Waals surface area contributed by atoms with Crippen molar-refractivity contribution in [2.24, 2.45) is 5.41 Å². The Kier molecular flexibility index (Phi) is 11.7. The van der Waals surface area contributed by atoms with Gasteiger partial charge < -0.3 is 15.4 Å². The van der Waals surface area contributed by atoms with Crippen molar-refractivity contribution in [3.05, 3.63) is 53.6 Å². The number of halogens is 2. The third-order valence-corrected chi connectivity index (χ3v) is 8.78. The second-order valence-electron chi connectivity index (χ2n) is 12.9. The minimum atomic E-state index is -1.90. The zero-order chi connectivity index (χ0) is 31.2. The van der Waals surface area contributed by atoms with Crippen LogP contribution in [0.5, 0.6) is 5.75 Å². The van der Waals surface area contributed by atoms with Crippen molar-refractivity contribution in [1.29, 1.82) is 0 Å². The molecule has 2 aromatic carbocycles. The molecule has 2 aromatic rings. The number of carbonyl (C=O) groups is 3. The monoisotopic (exact) mass is 648 g/mol. The highest BCUT2D eigenvalue weighted by Crippen LogP contribution is 2.39. The summed E-state index contributed by atoms with van der Waals surface area (Å²) in [7, 11) is 0. The first-order chi connectivity index (χ1) is 18.8. The molecular formula is C33H46BrClN2O4. The molecule has 226 valence electrons. The van der Waals surface area contributed by atoms with E-state index in [9.17, 15) is 14.4 Å². The third-order valence-electron chi connectivity index (χ3n) is 7.72. The van der Waals surface area contributed by atoms with Gasteiger partial charge in [0.2, 0.25) is 9.69 Å². The maximum absolute atomic E-state index is 12.7. The smallest absolute Gasteiger partial charge is 0.264 e. The highest BCUT2D eigenvalue weighted by Gasteiger charge is 2.46. The van der Waals surface area contributed by atoms with Gasteiger partial charge in [0, 0.05) is 28.8 Å². The normalized spacial score (nSPS) is 13.7. The van der Waals surface area contributed by atoms with Gasteiger partial charge >= 0.3 is 0 Å². The number of hydrogen-bond acceptors (Lipinski definition) is 4. The van der Waals surface area contributed by atoms with Crippen molar-refractivity contribution in [3.8, 4) is 5.75 Å². The molecule has 0 saturated heterocycles.